The molecule has 1 N–H and O–H groups in total. The maximum absolute atomic E-state index is 11.1. The minimum Gasteiger partial charge on any atom is -0.460 e. The highest BCUT2D eigenvalue weighted by Gasteiger charge is 2.04. The van der Waals surface area contributed by atoms with E-state index in [1.54, 1.807) is 14.0 Å². The van der Waals surface area contributed by atoms with E-state index in [1.165, 1.54) is 0 Å². The van der Waals surface area contributed by atoms with Crippen LogP contribution in [-0.4, -0.2) is 52.0 Å². The van der Waals surface area contributed by atoms with Crippen LogP contribution in [0.2, 0.25) is 0 Å². The average molecular weight is 245 g/mol. The molecule has 6 nitrogen and oxygen atoms in total. The summed E-state index contributed by atoms with van der Waals surface area (Å²) < 4.78 is 14.5. The maximum atomic E-state index is 11.1. The first kappa shape index (κ1) is 15.6. The molecule has 0 aromatic heterocycles. The Morgan fingerprint density at radius 3 is 2.53 bits per heavy atom. The first-order valence-corrected chi connectivity index (χ1v) is 5.24. The Morgan fingerprint density at radius 2 is 1.94 bits per heavy atom. The van der Waals surface area contributed by atoms with Crippen LogP contribution in [0.5, 0.6) is 0 Å². The predicted octanol–water partition coefficient (Wildman–Crippen LogP) is -0.115. The van der Waals surface area contributed by atoms with Gasteiger partial charge in [-0.15, -0.1) is 0 Å². The second-order valence-electron chi connectivity index (χ2n) is 3.31. The van der Waals surface area contributed by atoms with Crippen molar-refractivity contribution in [2.45, 2.75) is 6.92 Å². The summed E-state index contributed by atoms with van der Waals surface area (Å²) in [4.78, 5) is 22.1. The largest absolute Gasteiger partial charge is 0.460 e. The van der Waals surface area contributed by atoms with Gasteiger partial charge in [0, 0.05) is 12.7 Å². The lowest BCUT2D eigenvalue weighted by Gasteiger charge is -2.07. The van der Waals surface area contributed by atoms with Crippen LogP contribution in [0.3, 0.4) is 0 Å². The van der Waals surface area contributed by atoms with E-state index in [2.05, 4.69) is 11.9 Å². The van der Waals surface area contributed by atoms with E-state index in [9.17, 15) is 9.59 Å². The highest BCUT2D eigenvalue weighted by Crippen LogP contribution is 1.90. The van der Waals surface area contributed by atoms with Crippen LogP contribution in [0.1, 0.15) is 6.92 Å². The van der Waals surface area contributed by atoms with Gasteiger partial charge in [0.25, 0.3) is 0 Å². The van der Waals surface area contributed by atoms with Crippen molar-refractivity contribution in [3.05, 3.63) is 12.2 Å². The number of hydrogen-bond acceptors (Lipinski definition) is 5. The van der Waals surface area contributed by atoms with Gasteiger partial charge in [0.15, 0.2) is 0 Å². The lowest BCUT2D eigenvalue weighted by molar-refractivity contribution is -0.139. The van der Waals surface area contributed by atoms with Crippen molar-refractivity contribution in [3.63, 3.8) is 0 Å². The zero-order chi connectivity index (χ0) is 13.1. The minimum atomic E-state index is -0.462. The molecule has 0 atom stereocenters. The van der Waals surface area contributed by atoms with Gasteiger partial charge in [0.2, 0.25) is 5.91 Å². The molecule has 0 radical (unpaired) electrons. The third-order valence-electron chi connectivity index (χ3n) is 1.67. The Labute approximate surface area is 101 Å². The lowest BCUT2D eigenvalue weighted by atomic mass is 10.4. The normalized spacial score (nSPS) is 9.76. The minimum absolute atomic E-state index is 0.0300. The number of ether oxygens (including phenoxy) is 3. The van der Waals surface area contributed by atoms with Crippen molar-refractivity contribution in [1.82, 2.24) is 5.32 Å². The third kappa shape index (κ3) is 9.52. The molecule has 1 amide bonds. The molecule has 0 aliphatic rings. The Kier molecular flexibility index (Phi) is 8.99. The zero-order valence-corrected chi connectivity index (χ0v) is 10.3. The van der Waals surface area contributed by atoms with Crippen LogP contribution in [-0.2, 0) is 23.8 Å². The molecular formula is C11H19NO5. The molecule has 17 heavy (non-hydrogen) atoms. The van der Waals surface area contributed by atoms with Crippen molar-refractivity contribution >= 4 is 11.9 Å². The molecule has 0 aliphatic carbocycles. The van der Waals surface area contributed by atoms with E-state index in [1.807, 2.05) is 0 Å². The van der Waals surface area contributed by atoms with E-state index in [0.29, 0.717) is 18.8 Å². The number of esters is 1. The van der Waals surface area contributed by atoms with Gasteiger partial charge in [0.1, 0.15) is 13.2 Å². The molecule has 98 valence electrons. The fourth-order valence-electron chi connectivity index (χ4n) is 0.816. The van der Waals surface area contributed by atoms with E-state index in [4.69, 9.17) is 14.2 Å². The highest BCUT2D eigenvalue weighted by atomic mass is 16.5. The Balaban J connectivity index is 3.39. The summed E-state index contributed by atoms with van der Waals surface area (Å²) in [5, 5.41) is 2.54. The molecule has 0 aromatic carbocycles. The number of amides is 1. The first-order chi connectivity index (χ1) is 8.07. The summed E-state index contributed by atoms with van der Waals surface area (Å²) in [6.45, 7) is 6.16. The molecule has 0 heterocycles. The van der Waals surface area contributed by atoms with E-state index in [0.717, 1.165) is 0 Å². The maximum Gasteiger partial charge on any atom is 0.333 e. The van der Waals surface area contributed by atoms with E-state index >= 15 is 0 Å². The van der Waals surface area contributed by atoms with Crippen molar-refractivity contribution in [3.8, 4) is 0 Å². The molecule has 0 fully saturated rings. The van der Waals surface area contributed by atoms with Gasteiger partial charge in [-0.25, -0.2) is 4.79 Å². The standard InChI is InChI=1S/C11H19NO5/c1-9(2)11(14)17-5-4-12-10(13)8-16-7-6-15-3/h1,4-8H2,2-3H3,(H,12,13). The van der Waals surface area contributed by atoms with E-state index < -0.39 is 5.97 Å². The summed E-state index contributed by atoms with van der Waals surface area (Å²) in [6.07, 6.45) is 0. The molecule has 0 unspecified atom stereocenters. The number of carbonyl (C=O) groups is 2. The highest BCUT2D eigenvalue weighted by molar-refractivity contribution is 5.86. The van der Waals surface area contributed by atoms with Crippen LogP contribution < -0.4 is 5.32 Å². The summed E-state index contributed by atoms with van der Waals surface area (Å²) in [5.41, 5.74) is 0.333. The quantitative estimate of drug-likeness (QED) is 0.348. The summed E-state index contributed by atoms with van der Waals surface area (Å²) in [5.74, 6) is -0.719. The monoisotopic (exact) mass is 245 g/mol. The van der Waals surface area contributed by atoms with Crippen LogP contribution >= 0.6 is 0 Å². The fourth-order valence-corrected chi connectivity index (χ4v) is 0.816. The predicted molar refractivity (Wildman–Crippen MR) is 61.5 cm³/mol. The Hall–Kier alpha value is -1.40. The number of nitrogens with one attached hydrogen (secondary N) is 1. The second kappa shape index (κ2) is 9.80. The van der Waals surface area contributed by atoms with Crippen LogP contribution in [0.15, 0.2) is 12.2 Å². The number of carbonyl (C=O) groups excluding carboxylic acids is 2. The Bertz CT molecular complexity index is 265. The van der Waals surface area contributed by atoms with Gasteiger partial charge < -0.3 is 19.5 Å². The number of rotatable bonds is 9. The second-order valence-corrected chi connectivity index (χ2v) is 3.31. The fraction of sp³-hybridized carbons (Fsp3) is 0.636. The van der Waals surface area contributed by atoms with Gasteiger partial charge >= 0.3 is 5.97 Å². The smallest absolute Gasteiger partial charge is 0.333 e. The molecule has 0 aliphatic heterocycles. The summed E-state index contributed by atoms with van der Waals surface area (Å²) in [7, 11) is 1.55. The summed E-state index contributed by atoms with van der Waals surface area (Å²) >= 11 is 0. The van der Waals surface area contributed by atoms with Crippen molar-refractivity contribution < 1.29 is 23.8 Å². The van der Waals surface area contributed by atoms with Crippen molar-refractivity contribution in [2.75, 3.05) is 40.1 Å². The first-order valence-electron chi connectivity index (χ1n) is 5.24. The van der Waals surface area contributed by atoms with Crippen molar-refractivity contribution in [2.24, 2.45) is 0 Å². The van der Waals surface area contributed by atoms with Gasteiger partial charge in [-0.3, -0.25) is 4.79 Å². The zero-order valence-electron chi connectivity index (χ0n) is 10.3. The number of hydrogen-bond donors (Lipinski definition) is 1. The molecule has 0 saturated heterocycles. The van der Waals surface area contributed by atoms with Gasteiger partial charge in [-0.1, -0.05) is 6.58 Å². The summed E-state index contributed by atoms with van der Waals surface area (Å²) in [6, 6.07) is 0. The van der Waals surface area contributed by atoms with Crippen LogP contribution in [0.25, 0.3) is 0 Å². The van der Waals surface area contributed by atoms with Crippen LogP contribution in [0, 0.1) is 0 Å². The van der Waals surface area contributed by atoms with Gasteiger partial charge in [-0.05, 0) is 6.92 Å². The van der Waals surface area contributed by atoms with E-state index in [-0.39, 0.29) is 25.7 Å². The third-order valence-corrected chi connectivity index (χ3v) is 1.67. The molecular weight excluding hydrogens is 226 g/mol. The Morgan fingerprint density at radius 1 is 1.24 bits per heavy atom. The molecule has 0 spiro atoms. The van der Waals surface area contributed by atoms with Crippen LogP contribution in [0.4, 0.5) is 0 Å². The average Bonchev–Trinajstić information content (AvgIpc) is 2.29. The van der Waals surface area contributed by atoms with Gasteiger partial charge in [-0.2, -0.15) is 0 Å². The molecule has 0 rings (SSSR count). The molecule has 0 bridgehead atoms. The number of methoxy groups -OCH3 is 1. The van der Waals surface area contributed by atoms with Crippen molar-refractivity contribution in [1.29, 1.82) is 0 Å². The molecule has 0 aromatic rings. The van der Waals surface area contributed by atoms with Gasteiger partial charge in [0.05, 0.1) is 19.8 Å². The lowest BCUT2D eigenvalue weighted by Crippen LogP contribution is -2.31. The SMILES string of the molecule is C=C(C)C(=O)OCCNC(=O)COCCOC. The molecule has 0 saturated carbocycles. The molecule has 6 heteroatoms. The topological polar surface area (TPSA) is 73.9 Å².